The summed E-state index contributed by atoms with van der Waals surface area (Å²) in [5, 5.41) is 14.4. The van der Waals surface area contributed by atoms with Gasteiger partial charge in [0, 0.05) is 40.0 Å². The first-order chi connectivity index (χ1) is 24.6. The zero-order valence-electron chi connectivity index (χ0n) is 31.4. The van der Waals surface area contributed by atoms with Crippen LogP contribution < -0.4 is 15.0 Å². The van der Waals surface area contributed by atoms with Crippen molar-refractivity contribution in [3.8, 4) is 5.75 Å². The van der Waals surface area contributed by atoms with Crippen LogP contribution in [0.2, 0.25) is 5.02 Å². The van der Waals surface area contributed by atoms with Crippen molar-refractivity contribution in [1.29, 1.82) is 0 Å². The number of hydrogen-bond donors (Lipinski definition) is 2. The van der Waals surface area contributed by atoms with Crippen molar-refractivity contribution in [2.75, 3.05) is 58.5 Å². The average molecular weight is 789 g/mol. The van der Waals surface area contributed by atoms with Crippen LogP contribution >= 0.6 is 33.2 Å². The van der Waals surface area contributed by atoms with Gasteiger partial charge in [0.25, 0.3) is 0 Å². The molecule has 16 heteroatoms. The minimum Gasteiger partial charge on any atom is -0.495 e. The number of carbonyl (C=O) groups is 3. The van der Waals surface area contributed by atoms with E-state index < -0.39 is 59.8 Å². The Kier molecular flexibility index (Phi) is 17.1. The van der Waals surface area contributed by atoms with E-state index in [1.54, 1.807) is 73.7 Å². The molecule has 4 bridgehead atoms. The fraction of sp³-hybridized carbons (Fsp3) is 0.639. The number of aliphatic hydroxyl groups is 1. The highest BCUT2D eigenvalue weighted by molar-refractivity contribution is 8.76. The Morgan fingerprint density at radius 2 is 1.96 bits per heavy atom. The van der Waals surface area contributed by atoms with Gasteiger partial charge in [-0.15, -0.1) is 0 Å². The molecule has 1 saturated heterocycles. The van der Waals surface area contributed by atoms with Gasteiger partial charge in [-0.3, -0.25) is 10.1 Å². The van der Waals surface area contributed by atoms with E-state index in [2.05, 4.69) is 5.32 Å². The molecule has 2 amide bonds. The van der Waals surface area contributed by atoms with Gasteiger partial charge in [-0.1, -0.05) is 57.0 Å². The second kappa shape index (κ2) is 20.3. The van der Waals surface area contributed by atoms with Gasteiger partial charge in [0.1, 0.15) is 34.7 Å². The van der Waals surface area contributed by atoms with Crippen molar-refractivity contribution in [2.45, 2.75) is 95.2 Å². The van der Waals surface area contributed by atoms with E-state index in [0.29, 0.717) is 24.5 Å². The van der Waals surface area contributed by atoms with Crippen molar-refractivity contribution in [3.05, 3.63) is 46.5 Å². The number of hydrogen-bond acceptors (Lipinski definition) is 13. The quantitative estimate of drug-likeness (QED) is 0.156. The van der Waals surface area contributed by atoms with Crippen LogP contribution in [0.4, 0.5) is 10.5 Å². The molecule has 13 nitrogen and oxygen atoms in total. The predicted molar refractivity (Wildman–Crippen MR) is 203 cm³/mol. The van der Waals surface area contributed by atoms with Gasteiger partial charge >= 0.3 is 12.1 Å². The SMILES string of the molecule is COc1cc2cc(c1Cl)N(C)C(=O)C[C@H](OC(=O)C(COCCCSSC)OC)C(C)(C)OC(C)C1C[C@@](O)(NC(=O)O1)[C@H](OC)/C=C/C=C(\C)C2. The number of anilines is 1. The number of benzene rings is 1. The zero-order valence-corrected chi connectivity index (χ0v) is 33.8. The van der Waals surface area contributed by atoms with Crippen molar-refractivity contribution in [2.24, 2.45) is 0 Å². The molecular weight excluding hydrogens is 736 g/mol. The lowest BCUT2D eigenvalue weighted by molar-refractivity contribution is -0.206. The number of nitrogens with one attached hydrogen (secondary N) is 1. The molecule has 2 aliphatic heterocycles. The lowest BCUT2D eigenvalue weighted by Crippen LogP contribution is -2.64. The minimum absolute atomic E-state index is 0.0493. The highest BCUT2D eigenvalue weighted by atomic mass is 35.5. The summed E-state index contributed by atoms with van der Waals surface area (Å²) in [6.07, 6.45) is 2.23. The van der Waals surface area contributed by atoms with Crippen molar-refractivity contribution < 1.29 is 52.6 Å². The minimum atomic E-state index is -1.85. The number of alkyl carbamates (subject to hydrolysis) is 1. The van der Waals surface area contributed by atoms with E-state index >= 15 is 0 Å². The van der Waals surface area contributed by atoms with Crippen LogP contribution in [0, 0.1) is 0 Å². The highest BCUT2D eigenvalue weighted by Crippen LogP contribution is 2.38. The summed E-state index contributed by atoms with van der Waals surface area (Å²) in [7, 11) is 9.26. The van der Waals surface area contributed by atoms with Crippen LogP contribution in [0.3, 0.4) is 0 Å². The molecule has 0 aliphatic carbocycles. The predicted octanol–water partition coefficient (Wildman–Crippen LogP) is 5.49. The van der Waals surface area contributed by atoms with E-state index in [4.69, 9.17) is 44.8 Å². The maximum absolute atomic E-state index is 14.1. The lowest BCUT2D eigenvalue weighted by Gasteiger charge is -2.44. The lowest BCUT2D eigenvalue weighted by atomic mass is 9.93. The number of fused-ring (bicyclic) bond motifs is 4. The van der Waals surface area contributed by atoms with Crippen molar-refractivity contribution >= 4 is 56.8 Å². The Morgan fingerprint density at radius 3 is 2.62 bits per heavy atom. The number of halogens is 1. The Morgan fingerprint density at radius 1 is 1.23 bits per heavy atom. The van der Waals surface area contributed by atoms with Gasteiger partial charge in [-0.25, -0.2) is 9.59 Å². The second-order valence-corrected chi connectivity index (χ2v) is 16.3. The second-order valence-electron chi connectivity index (χ2n) is 13.2. The molecule has 1 aromatic carbocycles. The molecule has 1 aromatic rings. The maximum atomic E-state index is 14.1. The Bertz CT molecular complexity index is 1440. The van der Waals surface area contributed by atoms with Crippen molar-refractivity contribution in [1.82, 2.24) is 5.32 Å². The van der Waals surface area contributed by atoms with Crippen LogP contribution in [0.5, 0.6) is 5.75 Å². The molecule has 6 atom stereocenters. The van der Waals surface area contributed by atoms with Gasteiger partial charge in [-0.05, 0) is 64.5 Å². The smallest absolute Gasteiger partial charge is 0.409 e. The first-order valence-electron chi connectivity index (χ1n) is 16.9. The number of methoxy groups -OCH3 is 3. The molecule has 2 aliphatic rings. The van der Waals surface area contributed by atoms with Crippen LogP contribution in [0.25, 0.3) is 0 Å². The number of amides is 2. The van der Waals surface area contributed by atoms with Gasteiger partial charge in [0.15, 0.2) is 11.8 Å². The highest BCUT2D eigenvalue weighted by Gasteiger charge is 2.48. The van der Waals surface area contributed by atoms with E-state index in [1.165, 1.54) is 26.2 Å². The third-order valence-corrected chi connectivity index (χ3v) is 11.1. The Labute approximate surface area is 319 Å². The summed E-state index contributed by atoms with van der Waals surface area (Å²) in [6, 6.07) is 3.60. The Balaban J connectivity index is 2.05. The molecular formula is C36H53ClN2O11S2. The van der Waals surface area contributed by atoms with E-state index in [0.717, 1.165) is 23.3 Å². The first kappa shape index (κ1) is 43.9. The third kappa shape index (κ3) is 12.0. The molecule has 3 unspecified atom stereocenters. The molecule has 0 radical (unpaired) electrons. The molecule has 292 valence electrons. The van der Waals surface area contributed by atoms with Crippen LogP contribution in [-0.4, -0.2) is 119 Å². The number of esters is 1. The summed E-state index contributed by atoms with van der Waals surface area (Å²) in [5.74, 6) is 0.0963. The number of rotatable bonds is 12. The topological polar surface area (TPSA) is 151 Å². The first-order valence-corrected chi connectivity index (χ1v) is 20.0. The van der Waals surface area contributed by atoms with Crippen LogP contribution in [0.15, 0.2) is 35.9 Å². The fourth-order valence-electron chi connectivity index (χ4n) is 5.89. The summed E-state index contributed by atoms with van der Waals surface area (Å²) >= 11 is 6.75. The molecule has 0 aromatic heterocycles. The molecule has 2 N–H and O–H groups in total. The number of allylic oxidation sites excluding steroid dienone is 3. The Hall–Kier alpha value is -2.50. The van der Waals surface area contributed by atoms with E-state index in [-0.39, 0.29) is 24.5 Å². The van der Waals surface area contributed by atoms with Crippen molar-refractivity contribution in [3.63, 3.8) is 0 Å². The number of carbonyl (C=O) groups excluding carboxylic acids is 3. The van der Waals surface area contributed by atoms with E-state index in [9.17, 15) is 19.5 Å². The summed E-state index contributed by atoms with van der Waals surface area (Å²) < 4.78 is 40.4. The summed E-state index contributed by atoms with van der Waals surface area (Å²) in [4.78, 5) is 41.8. The normalized spacial score (nSPS) is 27.8. The van der Waals surface area contributed by atoms with Gasteiger partial charge in [0.05, 0.1) is 31.9 Å². The monoisotopic (exact) mass is 788 g/mol. The molecule has 1 fully saturated rings. The van der Waals surface area contributed by atoms with Gasteiger partial charge in [0.2, 0.25) is 5.91 Å². The zero-order chi connectivity index (χ0) is 38.6. The molecule has 2 heterocycles. The van der Waals surface area contributed by atoms with Gasteiger partial charge in [-0.2, -0.15) is 0 Å². The van der Waals surface area contributed by atoms with E-state index in [1.807, 2.05) is 19.3 Å². The molecule has 0 saturated carbocycles. The summed E-state index contributed by atoms with van der Waals surface area (Å²) in [5.41, 5.74) is -1.05. The number of nitrogens with zero attached hydrogens (tertiary/aromatic N) is 1. The maximum Gasteiger partial charge on any atom is 0.409 e. The van der Waals surface area contributed by atoms with Crippen LogP contribution in [0.1, 0.15) is 52.5 Å². The average Bonchev–Trinajstić information content (AvgIpc) is 3.08. The molecule has 3 rings (SSSR count). The summed E-state index contributed by atoms with van der Waals surface area (Å²) in [6.45, 7) is 7.31. The van der Waals surface area contributed by atoms with Gasteiger partial charge < -0.3 is 43.2 Å². The third-order valence-electron chi connectivity index (χ3n) is 8.86. The fourth-order valence-corrected chi connectivity index (χ4v) is 7.46. The molecule has 0 spiro atoms. The molecule has 52 heavy (non-hydrogen) atoms. The number of ether oxygens (including phenoxy) is 7. The van der Waals surface area contributed by atoms with Crippen LogP contribution in [-0.2, 0) is 44.4 Å². The standard InChI is InChI=1S/C36H53ClN2O11S2/c1-22-12-10-13-29(46-8)36(43)20-27(48-34(42)38-36)23(2)50-35(3,4)30(49-33(41)28(45-7)21-47-14-11-15-52-51-9)19-31(40)39(5)25-17-24(16-22)18-26(44-6)32(25)37/h10,12-13,17-18,23,27-30,43H,11,14-16,19-21H2,1-9H3,(H,38,42)/b13-10+,22-12+/t23?,27?,28?,29-,30+,36+/m1/s1. The largest absolute Gasteiger partial charge is 0.495 e.